The second-order valence-corrected chi connectivity index (χ2v) is 24.4. The summed E-state index contributed by atoms with van der Waals surface area (Å²) < 4.78 is 126. The summed E-state index contributed by atoms with van der Waals surface area (Å²) in [5.41, 5.74) is 0. The smallest absolute Gasteiger partial charge is 0.306 e. The molecule has 29 nitrogen and oxygen atoms in total. The normalized spacial score (nSPS) is 31.5. The van der Waals surface area contributed by atoms with Gasteiger partial charge in [-0.1, -0.05) is 0 Å². The summed E-state index contributed by atoms with van der Waals surface area (Å²) in [6, 6.07) is 0. The molecular formula is C63H98O29. The number of carbonyl (C=O) groups excluding carboxylic acids is 7. The fraction of sp³-hybridized carbons (Fsp3) is 0.889. The highest BCUT2D eigenvalue weighted by molar-refractivity contribution is 5.80. The van der Waals surface area contributed by atoms with Crippen LogP contribution in [0.25, 0.3) is 0 Å². The van der Waals surface area contributed by atoms with Crippen LogP contribution in [0.1, 0.15) is 97.8 Å². The topological polar surface area (TPSA) is 323 Å². The quantitative estimate of drug-likeness (QED) is 0.0478. The molecule has 8 aliphatic rings. The molecule has 2 unspecified atom stereocenters. The van der Waals surface area contributed by atoms with E-state index in [1.54, 1.807) is 42.3 Å². The molecule has 8 heterocycles. The standard InChI is InChI=1S/C63H98O29/c1-36(64)39(8-18-54(69)91-37(2)40(10-14-50(65)79-24-20-75-46-32-87-56-42(71-4)28-83-60(46)56)11-15-51(66)80-25-21-76-47-33-88-57-43(72-5)29-84-61(47)57)9-19-55(70)92-38(3)41(12-16-52(67)81-26-22-77-48-34-89-58-44(73-6)30-85-62(48)58)13-17-53(68)82-27-23-78-49-35-90-59-45(74-7)31-86-63(49)59/h37-49,56-63H,8-35H2,1-7H3/t37?,38?,39?,42-,43-,44-,45-,46+,47+,48+,49+,56+,57+,58+,59+,60+,61+,62+,63+/m0/s1. The lowest BCUT2D eigenvalue weighted by Gasteiger charge is -2.25. The Morgan fingerprint density at radius 3 is 0.761 bits per heavy atom. The Morgan fingerprint density at radius 1 is 0.315 bits per heavy atom. The molecule has 0 bridgehead atoms. The first kappa shape index (κ1) is 73.7. The van der Waals surface area contributed by atoms with Crippen molar-refractivity contribution in [3.05, 3.63) is 0 Å². The summed E-state index contributed by atoms with van der Waals surface area (Å²) in [4.78, 5) is 92.1. The fourth-order valence-electron chi connectivity index (χ4n) is 13.1. The van der Waals surface area contributed by atoms with Gasteiger partial charge < -0.3 is 104 Å². The van der Waals surface area contributed by atoms with Crippen molar-refractivity contribution >= 4 is 41.6 Å². The maximum atomic E-state index is 13.5. The maximum Gasteiger partial charge on any atom is 0.306 e. The maximum absolute atomic E-state index is 13.5. The van der Waals surface area contributed by atoms with Crippen molar-refractivity contribution in [3.8, 4) is 0 Å². The van der Waals surface area contributed by atoms with Gasteiger partial charge in [-0.3, -0.25) is 33.6 Å². The number of Topliss-reactive ketones (excluding diaryl/α,β-unsaturated/α-hetero) is 1. The zero-order chi connectivity index (χ0) is 65.5. The van der Waals surface area contributed by atoms with Crippen molar-refractivity contribution in [1.82, 2.24) is 0 Å². The third-order valence-corrected chi connectivity index (χ3v) is 18.6. The van der Waals surface area contributed by atoms with E-state index >= 15 is 0 Å². The van der Waals surface area contributed by atoms with E-state index in [0.29, 0.717) is 52.9 Å². The first-order valence-electron chi connectivity index (χ1n) is 32.6. The monoisotopic (exact) mass is 1320 g/mol. The van der Waals surface area contributed by atoms with Crippen LogP contribution in [0.2, 0.25) is 0 Å². The van der Waals surface area contributed by atoms with Gasteiger partial charge in [0.05, 0.1) is 79.3 Å². The van der Waals surface area contributed by atoms with Crippen molar-refractivity contribution < 1.29 is 138 Å². The molecule has 8 rings (SSSR count). The zero-order valence-electron chi connectivity index (χ0n) is 54.3. The van der Waals surface area contributed by atoms with Gasteiger partial charge in [0, 0.05) is 72.9 Å². The number of hydrogen-bond acceptors (Lipinski definition) is 29. The Hall–Kier alpha value is -4.15. The third kappa shape index (κ3) is 21.4. The van der Waals surface area contributed by atoms with Crippen molar-refractivity contribution in [1.29, 1.82) is 0 Å². The van der Waals surface area contributed by atoms with E-state index in [9.17, 15) is 33.6 Å². The second-order valence-electron chi connectivity index (χ2n) is 24.4. The number of carbonyl (C=O) groups is 7. The molecule has 8 aliphatic heterocycles. The lowest BCUT2D eigenvalue weighted by Crippen LogP contribution is -2.34. The molecule has 0 aromatic rings. The molecule has 0 saturated carbocycles. The summed E-state index contributed by atoms with van der Waals surface area (Å²) in [6.45, 7) is 8.00. The van der Waals surface area contributed by atoms with E-state index in [4.69, 9.17) is 104 Å². The molecular weight excluding hydrogens is 1220 g/mol. The Labute approximate surface area is 537 Å². The van der Waals surface area contributed by atoms with Gasteiger partial charge in [-0.15, -0.1) is 0 Å². The van der Waals surface area contributed by atoms with Crippen molar-refractivity contribution in [2.24, 2.45) is 17.8 Å². The van der Waals surface area contributed by atoms with E-state index in [2.05, 4.69) is 0 Å². The van der Waals surface area contributed by atoms with Gasteiger partial charge in [0.25, 0.3) is 0 Å². The van der Waals surface area contributed by atoms with Crippen molar-refractivity contribution in [2.45, 2.75) is 208 Å². The van der Waals surface area contributed by atoms with Gasteiger partial charge in [-0.05, 0) is 71.1 Å². The van der Waals surface area contributed by atoms with Crippen LogP contribution in [0.3, 0.4) is 0 Å². The summed E-state index contributed by atoms with van der Waals surface area (Å²) >= 11 is 0. The summed E-state index contributed by atoms with van der Waals surface area (Å²) in [5, 5.41) is 0. The van der Waals surface area contributed by atoms with Gasteiger partial charge in [-0.25, -0.2) is 0 Å². The van der Waals surface area contributed by atoms with Crippen LogP contribution < -0.4 is 0 Å². The molecule has 29 heteroatoms. The van der Waals surface area contributed by atoms with Gasteiger partial charge in [0.2, 0.25) is 0 Å². The molecule has 0 radical (unpaired) electrons. The van der Waals surface area contributed by atoms with Crippen molar-refractivity contribution in [3.63, 3.8) is 0 Å². The molecule has 0 aliphatic carbocycles. The number of esters is 6. The zero-order valence-corrected chi connectivity index (χ0v) is 54.3. The van der Waals surface area contributed by atoms with Crippen LogP contribution in [0.5, 0.6) is 0 Å². The molecule has 524 valence electrons. The SMILES string of the molecule is CO[C@H]1CO[C@H]2[C@@H]1OC[C@H]2OCCOC(=O)CCC(CCC(=O)OCCO[C@@H]1CO[C@H]2[C@@H]1OC[C@@H]2OC)C(C)OC(=O)CCC(CCC(=O)OC(C)C(CCC(=O)OCCO[C@@H]1CO[C@H]2[C@@H]1OC[C@@H]2OC)CCC(=O)OCCO[C@@H]1CO[C@H]2[C@@H]1OC[C@@H]2OC)C(C)=O. The van der Waals surface area contributed by atoms with Gasteiger partial charge in [0.1, 0.15) is 142 Å². The number of rotatable bonds is 43. The van der Waals surface area contributed by atoms with E-state index < -0.39 is 65.8 Å². The number of ketones is 1. The Bertz CT molecular complexity index is 2040. The molecule has 0 spiro atoms. The highest BCUT2D eigenvalue weighted by atomic mass is 16.7. The molecule has 8 fully saturated rings. The van der Waals surface area contributed by atoms with E-state index in [1.807, 2.05) is 0 Å². The van der Waals surface area contributed by atoms with Crippen LogP contribution >= 0.6 is 0 Å². The number of fused-ring (bicyclic) bond motifs is 4. The van der Waals surface area contributed by atoms with Crippen LogP contribution in [-0.4, -0.2) is 286 Å². The lowest BCUT2D eigenvalue weighted by atomic mass is 9.92. The largest absolute Gasteiger partial charge is 0.463 e. The average Bonchev–Trinajstić information content (AvgIpc) is 1.80. The summed E-state index contributed by atoms with van der Waals surface area (Å²) in [7, 11) is 6.40. The molecule has 0 N–H and O–H groups in total. The van der Waals surface area contributed by atoms with Crippen LogP contribution in [-0.2, 0) is 138 Å². The number of hydrogen-bond donors (Lipinski definition) is 0. The van der Waals surface area contributed by atoms with Crippen LogP contribution in [0, 0.1) is 17.8 Å². The molecule has 18 atom stereocenters. The molecule has 92 heavy (non-hydrogen) atoms. The Balaban J connectivity index is 0.766. The first-order valence-corrected chi connectivity index (χ1v) is 32.6. The van der Waals surface area contributed by atoms with Crippen LogP contribution in [0.15, 0.2) is 0 Å². The first-order chi connectivity index (χ1) is 44.6. The summed E-state index contributed by atoms with van der Waals surface area (Å²) in [5.74, 6) is -5.20. The van der Waals surface area contributed by atoms with Gasteiger partial charge >= 0.3 is 35.8 Å². The third-order valence-electron chi connectivity index (χ3n) is 18.6. The Morgan fingerprint density at radius 2 is 0.533 bits per heavy atom. The Kier molecular flexibility index (Phi) is 30.4. The molecule has 0 aromatic heterocycles. The second kappa shape index (κ2) is 38.0. The van der Waals surface area contributed by atoms with Gasteiger partial charge in [-0.2, -0.15) is 0 Å². The number of ether oxygens (including phenoxy) is 22. The lowest BCUT2D eigenvalue weighted by molar-refractivity contribution is -0.154. The van der Waals surface area contributed by atoms with Gasteiger partial charge in [0.15, 0.2) is 0 Å². The minimum atomic E-state index is -0.771. The predicted molar refractivity (Wildman–Crippen MR) is 312 cm³/mol. The van der Waals surface area contributed by atoms with E-state index in [1.165, 1.54) is 6.92 Å². The van der Waals surface area contributed by atoms with Crippen LogP contribution in [0.4, 0.5) is 0 Å². The van der Waals surface area contributed by atoms with Crippen molar-refractivity contribution in [2.75, 3.05) is 134 Å². The minimum absolute atomic E-state index is 0.0183. The minimum Gasteiger partial charge on any atom is -0.463 e. The average molecular weight is 1320 g/mol. The van der Waals surface area contributed by atoms with E-state index in [0.717, 1.165) is 0 Å². The highest BCUT2D eigenvalue weighted by Crippen LogP contribution is 2.34. The molecule has 0 amide bonds. The van der Waals surface area contributed by atoms with E-state index in [-0.39, 0.29) is 233 Å². The fourth-order valence-corrected chi connectivity index (χ4v) is 13.1. The summed E-state index contributed by atoms with van der Waals surface area (Å²) in [6.07, 6.45) is -5.20. The highest BCUT2D eigenvalue weighted by Gasteiger charge is 2.52. The molecule has 0 aromatic carbocycles. The predicted octanol–water partition coefficient (Wildman–Crippen LogP) is 1.93. The molecule has 8 saturated heterocycles. The number of methoxy groups -OCH3 is 4.